The SMILES string of the molecule is O=C(NNC(=S)Nc1ccc(F)cc1F)c1ccc(COc2ccc3ccccc3c2)cc1. The maximum atomic E-state index is 13.7. The van der Waals surface area contributed by atoms with Crippen molar-refractivity contribution in [2.24, 2.45) is 0 Å². The summed E-state index contributed by atoms with van der Waals surface area (Å²) in [5.41, 5.74) is 6.19. The Morgan fingerprint density at radius 1 is 0.848 bits per heavy atom. The lowest BCUT2D eigenvalue weighted by molar-refractivity contribution is 0.0944. The molecule has 0 aliphatic heterocycles. The average molecular weight is 464 g/mol. The summed E-state index contributed by atoms with van der Waals surface area (Å²) in [6.45, 7) is 0.357. The largest absolute Gasteiger partial charge is 0.489 e. The highest BCUT2D eigenvalue weighted by molar-refractivity contribution is 7.80. The zero-order valence-corrected chi connectivity index (χ0v) is 18.1. The minimum Gasteiger partial charge on any atom is -0.489 e. The van der Waals surface area contributed by atoms with E-state index in [9.17, 15) is 13.6 Å². The summed E-state index contributed by atoms with van der Waals surface area (Å²) in [6.07, 6.45) is 0. The third kappa shape index (κ3) is 5.81. The third-order valence-electron chi connectivity index (χ3n) is 4.81. The molecule has 33 heavy (non-hydrogen) atoms. The van der Waals surface area contributed by atoms with Crippen LogP contribution in [0.25, 0.3) is 10.8 Å². The molecule has 0 spiro atoms. The summed E-state index contributed by atoms with van der Waals surface area (Å²) in [5.74, 6) is -1.16. The first-order valence-corrected chi connectivity index (χ1v) is 10.4. The number of thiocarbonyl (C=S) groups is 1. The van der Waals surface area contributed by atoms with Crippen molar-refractivity contribution in [3.05, 3.63) is 108 Å². The second-order valence-corrected chi connectivity index (χ2v) is 7.56. The molecule has 0 atom stereocenters. The number of hydrogen-bond donors (Lipinski definition) is 3. The lowest BCUT2D eigenvalue weighted by atomic mass is 10.1. The number of nitrogens with one attached hydrogen (secondary N) is 3. The quantitative estimate of drug-likeness (QED) is 0.276. The van der Waals surface area contributed by atoms with Gasteiger partial charge < -0.3 is 10.1 Å². The zero-order valence-electron chi connectivity index (χ0n) is 17.3. The Hall–Kier alpha value is -4.04. The van der Waals surface area contributed by atoms with Crippen molar-refractivity contribution < 1.29 is 18.3 Å². The van der Waals surface area contributed by atoms with Crippen molar-refractivity contribution in [1.29, 1.82) is 0 Å². The summed E-state index contributed by atoms with van der Waals surface area (Å²) < 4.78 is 32.5. The van der Waals surface area contributed by atoms with Gasteiger partial charge in [0.15, 0.2) is 5.11 Å². The number of hydrazine groups is 1. The molecule has 0 heterocycles. The van der Waals surface area contributed by atoms with Gasteiger partial charge in [-0.2, -0.15) is 0 Å². The van der Waals surface area contributed by atoms with Gasteiger partial charge in [0.1, 0.15) is 24.0 Å². The number of rotatable bonds is 5. The molecule has 4 rings (SSSR count). The van der Waals surface area contributed by atoms with Crippen molar-refractivity contribution in [3.8, 4) is 5.75 Å². The highest BCUT2D eigenvalue weighted by atomic mass is 32.1. The monoisotopic (exact) mass is 463 g/mol. The van der Waals surface area contributed by atoms with E-state index in [1.54, 1.807) is 24.3 Å². The molecular formula is C25H19F2N3O2S. The Bertz CT molecular complexity index is 1310. The van der Waals surface area contributed by atoms with Crippen LogP contribution in [0, 0.1) is 11.6 Å². The summed E-state index contributed by atoms with van der Waals surface area (Å²) in [5, 5.41) is 4.74. The molecular weight excluding hydrogens is 444 g/mol. The van der Waals surface area contributed by atoms with E-state index in [1.807, 2.05) is 42.5 Å². The Kier molecular flexibility index (Phi) is 6.75. The molecule has 0 unspecified atom stereocenters. The Morgan fingerprint density at radius 2 is 1.61 bits per heavy atom. The van der Waals surface area contributed by atoms with Crippen LogP contribution in [-0.4, -0.2) is 11.0 Å². The van der Waals surface area contributed by atoms with Gasteiger partial charge in [0.05, 0.1) is 5.69 Å². The van der Waals surface area contributed by atoms with Crippen LogP contribution < -0.4 is 20.9 Å². The maximum Gasteiger partial charge on any atom is 0.269 e. The van der Waals surface area contributed by atoms with Gasteiger partial charge in [-0.3, -0.25) is 15.6 Å². The first-order valence-electron chi connectivity index (χ1n) is 10.0. The molecule has 4 aromatic carbocycles. The molecule has 0 radical (unpaired) electrons. The summed E-state index contributed by atoms with van der Waals surface area (Å²) >= 11 is 5.01. The molecule has 8 heteroatoms. The Labute approximate surface area is 194 Å². The number of amides is 1. The minimum atomic E-state index is -0.799. The normalized spacial score (nSPS) is 10.5. The lowest BCUT2D eigenvalue weighted by Crippen LogP contribution is -2.43. The smallest absolute Gasteiger partial charge is 0.269 e. The van der Waals surface area contributed by atoms with Crippen molar-refractivity contribution in [1.82, 2.24) is 10.9 Å². The van der Waals surface area contributed by atoms with Crippen LogP contribution >= 0.6 is 12.2 Å². The lowest BCUT2D eigenvalue weighted by Gasteiger charge is -2.12. The Morgan fingerprint density at radius 3 is 2.36 bits per heavy atom. The number of fused-ring (bicyclic) bond motifs is 1. The fourth-order valence-corrected chi connectivity index (χ4v) is 3.27. The zero-order chi connectivity index (χ0) is 23.2. The van der Waals surface area contributed by atoms with Crippen LogP contribution in [0.15, 0.2) is 84.9 Å². The standard InChI is InChI=1S/C25H19F2N3O2S/c26-20-10-12-23(22(27)14-20)28-25(33)30-29-24(31)18-7-5-16(6-8-18)15-32-21-11-9-17-3-1-2-4-19(17)13-21/h1-14H,15H2,(H,29,31)(H2,28,30,33). The van der Waals surface area contributed by atoms with Crippen molar-refractivity contribution in [3.63, 3.8) is 0 Å². The summed E-state index contributed by atoms with van der Waals surface area (Å²) in [7, 11) is 0. The maximum absolute atomic E-state index is 13.7. The first kappa shape index (κ1) is 22.2. The number of carbonyl (C=O) groups is 1. The predicted octanol–water partition coefficient (Wildman–Crippen LogP) is 5.33. The van der Waals surface area contributed by atoms with Crippen molar-refractivity contribution >= 4 is 39.7 Å². The number of halogens is 2. The topological polar surface area (TPSA) is 62.4 Å². The number of carbonyl (C=O) groups excluding carboxylic acids is 1. The van der Waals surface area contributed by atoms with E-state index in [1.165, 1.54) is 6.07 Å². The number of benzene rings is 4. The molecule has 0 bridgehead atoms. The molecule has 0 fully saturated rings. The molecule has 0 saturated carbocycles. The molecule has 0 saturated heterocycles. The predicted molar refractivity (Wildman–Crippen MR) is 128 cm³/mol. The molecule has 0 aromatic heterocycles. The number of hydrogen-bond acceptors (Lipinski definition) is 3. The molecule has 0 aliphatic carbocycles. The molecule has 166 valence electrons. The van der Waals surface area contributed by atoms with Gasteiger partial charge in [0.25, 0.3) is 5.91 Å². The van der Waals surface area contributed by atoms with E-state index in [2.05, 4.69) is 16.2 Å². The van der Waals surface area contributed by atoms with Crippen molar-refractivity contribution in [2.45, 2.75) is 6.61 Å². The van der Waals surface area contributed by atoms with E-state index in [0.29, 0.717) is 12.2 Å². The summed E-state index contributed by atoms with van der Waals surface area (Å²) in [4.78, 5) is 12.3. The van der Waals surface area contributed by atoms with E-state index in [4.69, 9.17) is 17.0 Å². The van der Waals surface area contributed by atoms with Crippen LogP contribution in [0.5, 0.6) is 5.75 Å². The van der Waals surface area contributed by atoms with Crippen LogP contribution in [-0.2, 0) is 6.61 Å². The molecule has 5 nitrogen and oxygen atoms in total. The fourth-order valence-electron chi connectivity index (χ4n) is 3.11. The third-order valence-corrected chi connectivity index (χ3v) is 5.02. The molecule has 0 aliphatic rings. The van der Waals surface area contributed by atoms with Crippen molar-refractivity contribution in [2.75, 3.05) is 5.32 Å². The van der Waals surface area contributed by atoms with E-state index >= 15 is 0 Å². The Balaban J connectivity index is 1.28. The van der Waals surface area contributed by atoms with Gasteiger partial charge in [-0.05, 0) is 65.0 Å². The van der Waals surface area contributed by atoms with Crippen LogP contribution in [0.4, 0.5) is 14.5 Å². The second-order valence-electron chi connectivity index (χ2n) is 7.15. The van der Waals surface area contributed by atoms with Gasteiger partial charge >= 0.3 is 0 Å². The molecule has 4 aromatic rings. The van der Waals surface area contributed by atoms with Gasteiger partial charge in [0.2, 0.25) is 0 Å². The first-order chi connectivity index (χ1) is 16.0. The second kappa shape index (κ2) is 10.1. The van der Waals surface area contributed by atoms with Gasteiger partial charge in [-0.1, -0.05) is 42.5 Å². The van der Waals surface area contributed by atoms with E-state index in [0.717, 1.165) is 34.2 Å². The van der Waals surface area contributed by atoms with Crippen LogP contribution in [0.1, 0.15) is 15.9 Å². The minimum absolute atomic E-state index is 0.0149. The van der Waals surface area contributed by atoms with Gasteiger partial charge in [0, 0.05) is 11.6 Å². The molecule has 3 N–H and O–H groups in total. The summed E-state index contributed by atoms with van der Waals surface area (Å²) in [6, 6.07) is 23.9. The molecule has 1 amide bonds. The number of ether oxygens (including phenoxy) is 1. The van der Waals surface area contributed by atoms with Crippen LogP contribution in [0.3, 0.4) is 0 Å². The van der Waals surface area contributed by atoms with Gasteiger partial charge in [-0.15, -0.1) is 0 Å². The van der Waals surface area contributed by atoms with E-state index < -0.39 is 17.5 Å². The highest BCUT2D eigenvalue weighted by Crippen LogP contribution is 2.21. The number of anilines is 1. The van der Waals surface area contributed by atoms with E-state index in [-0.39, 0.29) is 10.8 Å². The van der Waals surface area contributed by atoms with Crippen LogP contribution in [0.2, 0.25) is 0 Å². The highest BCUT2D eigenvalue weighted by Gasteiger charge is 2.09. The fraction of sp³-hybridized carbons (Fsp3) is 0.0400. The van der Waals surface area contributed by atoms with Gasteiger partial charge in [-0.25, -0.2) is 8.78 Å². The average Bonchev–Trinajstić information content (AvgIpc) is 2.83.